The molecule has 0 fully saturated rings. The van der Waals surface area contributed by atoms with E-state index in [1.165, 1.54) is 36.4 Å². The van der Waals surface area contributed by atoms with Crippen LogP contribution in [0.4, 0.5) is 28.0 Å². The first kappa shape index (κ1) is 19.4. The molecule has 0 heterocycles. The minimum atomic E-state index is -2.95. The van der Waals surface area contributed by atoms with E-state index in [0.29, 0.717) is 12.0 Å². The van der Waals surface area contributed by atoms with Gasteiger partial charge in [0, 0.05) is 18.3 Å². The van der Waals surface area contributed by atoms with Crippen molar-refractivity contribution in [2.45, 2.75) is 19.6 Å². The molecule has 140 valence electrons. The van der Waals surface area contributed by atoms with Crippen LogP contribution in [0, 0.1) is 0 Å². The molecule has 2 rings (SSSR count). The largest absolute Gasteiger partial charge is 0.435 e. The number of hydrogen-bond donors (Lipinski definition) is 2. The fraction of sp³-hybridized carbons (Fsp3) is 0.235. The van der Waals surface area contributed by atoms with Gasteiger partial charge in [0.1, 0.15) is 11.5 Å². The van der Waals surface area contributed by atoms with E-state index in [1.807, 2.05) is 0 Å². The summed E-state index contributed by atoms with van der Waals surface area (Å²) in [5.41, 5.74) is 0.990. The first-order valence-corrected chi connectivity index (χ1v) is 7.56. The fourth-order valence-electron chi connectivity index (χ4n) is 2.12. The molecule has 0 saturated carbocycles. The number of nitrogens with one attached hydrogen (secondary N) is 2. The maximum atomic E-state index is 12.2. The summed E-state index contributed by atoms with van der Waals surface area (Å²) >= 11 is 0. The van der Waals surface area contributed by atoms with Crippen LogP contribution in [0.1, 0.15) is 5.56 Å². The van der Waals surface area contributed by atoms with Crippen LogP contribution in [0.5, 0.6) is 11.5 Å². The highest BCUT2D eigenvalue weighted by Crippen LogP contribution is 2.19. The molecule has 2 aromatic rings. The van der Waals surface area contributed by atoms with Gasteiger partial charge in [-0.1, -0.05) is 18.2 Å². The molecule has 0 spiro atoms. The van der Waals surface area contributed by atoms with E-state index >= 15 is 0 Å². The van der Waals surface area contributed by atoms with Gasteiger partial charge < -0.3 is 20.1 Å². The lowest BCUT2D eigenvalue weighted by Crippen LogP contribution is -2.30. The van der Waals surface area contributed by atoms with E-state index in [1.54, 1.807) is 12.1 Å². The van der Waals surface area contributed by atoms with E-state index in [4.69, 9.17) is 0 Å². The first-order valence-electron chi connectivity index (χ1n) is 7.56. The van der Waals surface area contributed by atoms with Gasteiger partial charge in [0.15, 0.2) is 0 Å². The Morgan fingerprint density at radius 1 is 0.923 bits per heavy atom. The van der Waals surface area contributed by atoms with Gasteiger partial charge >= 0.3 is 19.3 Å². The molecule has 0 aromatic heterocycles. The van der Waals surface area contributed by atoms with Crippen molar-refractivity contribution in [3.8, 4) is 11.5 Å². The van der Waals surface area contributed by atoms with Gasteiger partial charge in [-0.05, 0) is 36.2 Å². The Balaban J connectivity index is 1.80. The van der Waals surface area contributed by atoms with Gasteiger partial charge in [-0.15, -0.1) is 0 Å². The Morgan fingerprint density at radius 2 is 1.54 bits per heavy atom. The van der Waals surface area contributed by atoms with Crippen molar-refractivity contribution in [2.75, 3.05) is 11.9 Å². The van der Waals surface area contributed by atoms with Crippen molar-refractivity contribution in [3.05, 3.63) is 54.1 Å². The third kappa shape index (κ3) is 6.88. The molecular formula is C17H16F4N2O3. The Hall–Kier alpha value is -2.97. The predicted molar refractivity (Wildman–Crippen MR) is 86.9 cm³/mol. The van der Waals surface area contributed by atoms with Crippen molar-refractivity contribution in [1.82, 2.24) is 5.32 Å². The number of anilines is 1. The van der Waals surface area contributed by atoms with Crippen molar-refractivity contribution in [3.63, 3.8) is 0 Å². The molecule has 26 heavy (non-hydrogen) atoms. The summed E-state index contributed by atoms with van der Waals surface area (Å²) in [4.78, 5) is 11.8. The Morgan fingerprint density at radius 3 is 2.19 bits per heavy atom. The van der Waals surface area contributed by atoms with Crippen LogP contribution in [-0.2, 0) is 6.42 Å². The van der Waals surface area contributed by atoms with Crippen LogP contribution in [-0.4, -0.2) is 25.8 Å². The third-order valence-corrected chi connectivity index (χ3v) is 3.14. The molecule has 9 heteroatoms. The second-order valence-electron chi connectivity index (χ2n) is 5.06. The van der Waals surface area contributed by atoms with Crippen LogP contribution in [0.3, 0.4) is 0 Å². The van der Waals surface area contributed by atoms with Crippen LogP contribution < -0.4 is 20.1 Å². The Bertz CT molecular complexity index is 729. The average Bonchev–Trinajstić information content (AvgIpc) is 2.54. The quantitative estimate of drug-likeness (QED) is 0.681. The van der Waals surface area contributed by atoms with Crippen molar-refractivity contribution in [2.24, 2.45) is 0 Å². The number of benzene rings is 2. The second-order valence-corrected chi connectivity index (χ2v) is 5.06. The number of amides is 2. The zero-order valence-electron chi connectivity index (χ0n) is 13.4. The minimum absolute atomic E-state index is 0.0396. The van der Waals surface area contributed by atoms with Crippen molar-refractivity contribution >= 4 is 11.7 Å². The Labute approximate surface area is 146 Å². The standard InChI is InChI=1S/C17H16F4N2O3/c18-15(19)25-13-5-1-3-11(9-13)7-8-22-17(24)23-12-4-2-6-14(10-12)26-16(20)21/h1-6,9-10,15-16H,7-8H2,(H2,22,23,24). The lowest BCUT2D eigenvalue weighted by molar-refractivity contribution is -0.0505. The summed E-state index contributed by atoms with van der Waals surface area (Å²) in [5, 5.41) is 5.05. The zero-order chi connectivity index (χ0) is 18.9. The fourth-order valence-corrected chi connectivity index (χ4v) is 2.12. The molecule has 0 saturated heterocycles. The predicted octanol–water partition coefficient (Wildman–Crippen LogP) is 4.25. The molecule has 0 atom stereocenters. The maximum absolute atomic E-state index is 12.2. The normalized spacial score (nSPS) is 10.7. The lowest BCUT2D eigenvalue weighted by Gasteiger charge is -2.10. The SMILES string of the molecule is O=C(NCCc1cccc(OC(F)F)c1)Nc1cccc(OC(F)F)c1. The molecule has 2 aromatic carbocycles. The van der Waals surface area contributed by atoms with Crippen molar-refractivity contribution < 1.29 is 31.8 Å². The number of carbonyl (C=O) groups is 1. The van der Waals surface area contributed by atoms with Gasteiger partial charge in [0.05, 0.1) is 0 Å². The molecule has 0 radical (unpaired) electrons. The number of rotatable bonds is 8. The summed E-state index contributed by atoms with van der Waals surface area (Å²) in [6.07, 6.45) is 0.391. The highest BCUT2D eigenvalue weighted by molar-refractivity contribution is 5.89. The summed E-state index contributed by atoms with van der Waals surface area (Å²) in [7, 11) is 0. The molecule has 0 aliphatic carbocycles. The molecule has 0 aliphatic heterocycles. The minimum Gasteiger partial charge on any atom is -0.435 e. The molecule has 0 bridgehead atoms. The van der Waals surface area contributed by atoms with Crippen LogP contribution in [0.25, 0.3) is 0 Å². The van der Waals surface area contributed by atoms with E-state index in [9.17, 15) is 22.4 Å². The molecular weight excluding hydrogens is 356 g/mol. The number of urea groups is 1. The highest BCUT2D eigenvalue weighted by atomic mass is 19.3. The second kappa shape index (κ2) is 9.50. The molecule has 0 unspecified atom stereocenters. The molecule has 5 nitrogen and oxygen atoms in total. The van der Waals surface area contributed by atoms with Crippen LogP contribution >= 0.6 is 0 Å². The van der Waals surface area contributed by atoms with Gasteiger partial charge in [-0.25, -0.2) is 4.79 Å². The van der Waals surface area contributed by atoms with Gasteiger partial charge in [-0.2, -0.15) is 17.6 Å². The molecule has 2 amide bonds. The third-order valence-electron chi connectivity index (χ3n) is 3.14. The van der Waals surface area contributed by atoms with Crippen LogP contribution in [0.2, 0.25) is 0 Å². The highest BCUT2D eigenvalue weighted by Gasteiger charge is 2.07. The number of carbonyl (C=O) groups excluding carboxylic acids is 1. The molecule has 2 N–H and O–H groups in total. The zero-order valence-corrected chi connectivity index (χ0v) is 13.4. The van der Waals surface area contributed by atoms with Crippen molar-refractivity contribution in [1.29, 1.82) is 0 Å². The Kier molecular flexibility index (Phi) is 7.07. The summed E-state index contributed by atoms with van der Waals surface area (Å²) in [5.74, 6) is -0.0357. The maximum Gasteiger partial charge on any atom is 0.387 e. The number of ether oxygens (including phenoxy) is 2. The first-order chi connectivity index (χ1) is 12.4. The topological polar surface area (TPSA) is 59.6 Å². The number of halogens is 4. The molecule has 0 aliphatic rings. The van der Waals surface area contributed by atoms with E-state index < -0.39 is 19.3 Å². The van der Waals surface area contributed by atoms with E-state index in [2.05, 4.69) is 20.1 Å². The van der Waals surface area contributed by atoms with Gasteiger partial charge in [0.25, 0.3) is 0 Å². The van der Waals surface area contributed by atoms with E-state index in [0.717, 1.165) is 0 Å². The van der Waals surface area contributed by atoms with Crippen LogP contribution in [0.15, 0.2) is 48.5 Å². The van der Waals surface area contributed by atoms with Gasteiger partial charge in [0.2, 0.25) is 0 Å². The summed E-state index contributed by atoms with van der Waals surface area (Å²) in [6, 6.07) is 11.2. The lowest BCUT2D eigenvalue weighted by atomic mass is 10.1. The average molecular weight is 372 g/mol. The summed E-state index contributed by atoms with van der Waals surface area (Å²) in [6.45, 7) is -5.63. The number of alkyl halides is 4. The monoisotopic (exact) mass is 372 g/mol. The van der Waals surface area contributed by atoms with E-state index in [-0.39, 0.29) is 23.7 Å². The number of hydrogen-bond acceptors (Lipinski definition) is 3. The summed E-state index contributed by atoms with van der Waals surface area (Å²) < 4.78 is 57.2. The smallest absolute Gasteiger partial charge is 0.387 e. The van der Waals surface area contributed by atoms with Gasteiger partial charge in [-0.3, -0.25) is 0 Å².